The highest BCUT2D eigenvalue weighted by atomic mass is 16.6. The van der Waals surface area contributed by atoms with E-state index in [1.807, 2.05) is 6.07 Å². The number of nitriles is 1. The molecule has 0 saturated carbocycles. The number of nitrogen functional groups attached to an aromatic ring is 1. The number of fused-ring (bicyclic) bond motifs is 1. The van der Waals surface area contributed by atoms with Crippen LogP contribution in [0.4, 0.5) is 5.82 Å². The van der Waals surface area contributed by atoms with Crippen LogP contribution in [0.5, 0.6) is 0 Å². The van der Waals surface area contributed by atoms with Crippen molar-refractivity contribution in [3.05, 3.63) is 12.7 Å². The van der Waals surface area contributed by atoms with Crippen molar-refractivity contribution in [2.45, 2.75) is 36.9 Å². The van der Waals surface area contributed by atoms with E-state index < -0.39 is 30.6 Å². The Morgan fingerprint density at radius 3 is 2.83 bits per heavy atom. The molecule has 1 saturated heterocycles. The predicted molar refractivity (Wildman–Crippen MR) is 76.5 cm³/mol. The van der Waals surface area contributed by atoms with Crippen LogP contribution in [0.15, 0.2) is 12.7 Å². The highest BCUT2D eigenvalue weighted by Crippen LogP contribution is 2.40. The average Bonchev–Trinajstić information content (AvgIpc) is 3.09. The van der Waals surface area contributed by atoms with Crippen molar-refractivity contribution in [1.82, 2.24) is 19.5 Å². The summed E-state index contributed by atoms with van der Waals surface area (Å²) in [5, 5.41) is 38.9. The van der Waals surface area contributed by atoms with Gasteiger partial charge in [0, 0.05) is 12.8 Å². The van der Waals surface area contributed by atoms with Gasteiger partial charge >= 0.3 is 0 Å². The van der Waals surface area contributed by atoms with Crippen molar-refractivity contribution >= 4 is 17.0 Å². The van der Waals surface area contributed by atoms with Crippen LogP contribution in [0, 0.1) is 11.3 Å². The van der Waals surface area contributed by atoms with Crippen LogP contribution in [-0.4, -0.2) is 59.8 Å². The van der Waals surface area contributed by atoms with Gasteiger partial charge in [-0.3, -0.25) is 4.57 Å². The maximum atomic E-state index is 10.5. The van der Waals surface area contributed by atoms with E-state index in [1.165, 1.54) is 17.2 Å². The number of nitrogens with zero attached hydrogens (tertiary/aromatic N) is 5. The van der Waals surface area contributed by atoms with E-state index in [0.29, 0.717) is 11.2 Å². The Morgan fingerprint density at radius 1 is 1.39 bits per heavy atom. The summed E-state index contributed by atoms with van der Waals surface area (Å²) in [6.45, 7) is -0.476. The zero-order chi connectivity index (χ0) is 16.6. The molecule has 1 fully saturated rings. The third kappa shape index (κ3) is 2.22. The van der Waals surface area contributed by atoms with Crippen molar-refractivity contribution in [3.8, 4) is 6.07 Å². The van der Waals surface area contributed by atoms with E-state index >= 15 is 0 Å². The maximum absolute atomic E-state index is 10.5. The summed E-state index contributed by atoms with van der Waals surface area (Å²) in [5.41, 5.74) is 4.91. The minimum absolute atomic E-state index is 0.0577. The monoisotopic (exact) mass is 320 g/mol. The van der Waals surface area contributed by atoms with Crippen LogP contribution in [0.3, 0.4) is 0 Å². The summed E-state index contributed by atoms with van der Waals surface area (Å²) < 4.78 is 7.17. The lowest BCUT2D eigenvalue weighted by Gasteiger charge is -2.33. The Hall–Kier alpha value is -2.32. The number of rotatable bonds is 4. The van der Waals surface area contributed by atoms with Crippen LogP contribution in [0.1, 0.15) is 12.8 Å². The number of aliphatic hydroxyl groups excluding tert-OH is 3. The molecule has 0 unspecified atom stereocenters. The van der Waals surface area contributed by atoms with E-state index in [9.17, 15) is 15.3 Å². The highest BCUT2D eigenvalue weighted by molar-refractivity contribution is 5.81. The topological polar surface area (TPSA) is 163 Å². The number of hydrogen-bond acceptors (Lipinski definition) is 9. The van der Waals surface area contributed by atoms with E-state index in [2.05, 4.69) is 15.0 Å². The van der Waals surface area contributed by atoms with Gasteiger partial charge in [0.15, 0.2) is 17.2 Å². The summed E-state index contributed by atoms with van der Waals surface area (Å²) in [5.74, 6) is 0.163. The van der Waals surface area contributed by atoms with Crippen molar-refractivity contribution in [2.24, 2.45) is 0 Å². The zero-order valence-electron chi connectivity index (χ0n) is 12.1. The summed E-state index contributed by atoms with van der Waals surface area (Å²) in [6.07, 6.45) is -0.926. The Bertz CT molecular complexity index is 758. The van der Waals surface area contributed by atoms with E-state index in [-0.39, 0.29) is 18.7 Å². The SMILES string of the molecule is N#CCC[C@@]1(n2cnc3c(N)ncnc32)O[C@H](CO)[C@@H](O)[C@H]1O. The van der Waals surface area contributed by atoms with Gasteiger partial charge in [-0.25, -0.2) is 15.0 Å². The highest BCUT2D eigenvalue weighted by Gasteiger charge is 2.55. The quantitative estimate of drug-likeness (QED) is 0.523. The number of aliphatic hydroxyl groups is 3. The predicted octanol–water partition coefficient (Wildman–Crippen LogP) is -1.52. The molecular formula is C13H16N6O4. The lowest BCUT2D eigenvalue weighted by molar-refractivity contribution is -0.149. The molecule has 23 heavy (non-hydrogen) atoms. The first-order valence-corrected chi connectivity index (χ1v) is 7.01. The molecule has 10 nitrogen and oxygen atoms in total. The Balaban J connectivity index is 2.16. The van der Waals surface area contributed by atoms with Gasteiger partial charge in [-0.05, 0) is 0 Å². The average molecular weight is 320 g/mol. The van der Waals surface area contributed by atoms with Gasteiger partial charge in [0.2, 0.25) is 0 Å². The largest absolute Gasteiger partial charge is 0.394 e. The summed E-state index contributed by atoms with van der Waals surface area (Å²) in [6, 6.07) is 1.98. The Labute approximate surface area is 130 Å². The molecule has 5 N–H and O–H groups in total. The lowest BCUT2D eigenvalue weighted by Crippen LogP contribution is -2.45. The summed E-state index contributed by atoms with van der Waals surface area (Å²) >= 11 is 0. The van der Waals surface area contributed by atoms with Gasteiger partial charge in [-0.1, -0.05) is 0 Å². The molecule has 0 spiro atoms. The molecule has 3 heterocycles. The zero-order valence-corrected chi connectivity index (χ0v) is 12.1. The lowest BCUT2D eigenvalue weighted by atomic mass is 9.97. The third-order valence-electron chi connectivity index (χ3n) is 4.07. The molecular weight excluding hydrogens is 304 g/mol. The molecule has 2 aromatic heterocycles. The number of anilines is 1. The first-order chi connectivity index (χ1) is 11.0. The molecule has 0 aliphatic carbocycles. The number of imidazole rings is 1. The molecule has 2 aromatic rings. The fourth-order valence-electron chi connectivity index (χ4n) is 2.91. The maximum Gasteiger partial charge on any atom is 0.177 e. The second-order valence-corrected chi connectivity index (χ2v) is 5.32. The van der Waals surface area contributed by atoms with Crippen molar-refractivity contribution in [2.75, 3.05) is 12.3 Å². The standard InChI is InChI=1S/C13H16N6O4/c14-3-1-2-13(10(22)9(21)7(4-20)23-13)19-6-18-8-11(15)16-5-17-12(8)19/h5-7,9-10,20-22H,1-2,4H2,(H2,15,16,17)/t7-,9-,10-,13-/m1/s1. The Morgan fingerprint density at radius 2 is 2.17 bits per heavy atom. The molecule has 1 aliphatic rings. The number of nitrogens with two attached hydrogens (primary N) is 1. The fraction of sp³-hybridized carbons (Fsp3) is 0.538. The van der Waals surface area contributed by atoms with Gasteiger partial charge in [0.25, 0.3) is 0 Å². The van der Waals surface area contributed by atoms with E-state index in [1.54, 1.807) is 0 Å². The number of ether oxygens (including phenoxy) is 1. The molecule has 0 amide bonds. The first kappa shape index (κ1) is 15.6. The molecule has 0 aromatic carbocycles. The Kier molecular flexibility index (Phi) is 3.87. The third-order valence-corrected chi connectivity index (χ3v) is 4.07. The molecule has 3 rings (SSSR count). The number of aromatic nitrogens is 4. The number of hydrogen-bond donors (Lipinski definition) is 4. The summed E-state index contributed by atoms with van der Waals surface area (Å²) in [4.78, 5) is 12.1. The van der Waals surface area contributed by atoms with Gasteiger partial charge in [-0.2, -0.15) is 5.26 Å². The molecule has 122 valence electrons. The van der Waals surface area contributed by atoms with Crippen LogP contribution in [-0.2, 0) is 10.5 Å². The normalized spacial score (nSPS) is 30.6. The van der Waals surface area contributed by atoms with Crippen molar-refractivity contribution in [3.63, 3.8) is 0 Å². The minimum atomic E-state index is -1.47. The van der Waals surface area contributed by atoms with Crippen LogP contribution in [0.25, 0.3) is 11.2 Å². The van der Waals surface area contributed by atoms with Crippen molar-refractivity contribution in [1.29, 1.82) is 5.26 Å². The summed E-state index contributed by atoms with van der Waals surface area (Å²) in [7, 11) is 0. The second kappa shape index (κ2) is 5.71. The molecule has 1 aliphatic heterocycles. The van der Waals surface area contributed by atoms with Crippen LogP contribution < -0.4 is 5.73 Å². The minimum Gasteiger partial charge on any atom is -0.394 e. The molecule has 0 bridgehead atoms. The first-order valence-electron chi connectivity index (χ1n) is 7.01. The van der Waals surface area contributed by atoms with E-state index in [0.717, 1.165) is 0 Å². The fourth-order valence-corrected chi connectivity index (χ4v) is 2.91. The van der Waals surface area contributed by atoms with Gasteiger partial charge in [-0.15, -0.1) is 0 Å². The smallest absolute Gasteiger partial charge is 0.177 e. The van der Waals surface area contributed by atoms with E-state index in [4.69, 9.17) is 15.7 Å². The van der Waals surface area contributed by atoms with Gasteiger partial charge < -0.3 is 25.8 Å². The van der Waals surface area contributed by atoms with Crippen LogP contribution >= 0.6 is 0 Å². The van der Waals surface area contributed by atoms with Gasteiger partial charge in [0.05, 0.1) is 19.0 Å². The van der Waals surface area contributed by atoms with Crippen LogP contribution in [0.2, 0.25) is 0 Å². The molecule has 0 radical (unpaired) electrons. The molecule has 10 heteroatoms. The molecule has 4 atom stereocenters. The van der Waals surface area contributed by atoms with Crippen molar-refractivity contribution < 1.29 is 20.1 Å². The second-order valence-electron chi connectivity index (χ2n) is 5.32. The van der Waals surface area contributed by atoms with Gasteiger partial charge in [0.1, 0.15) is 30.2 Å².